The van der Waals surface area contributed by atoms with Crippen LogP contribution in [0.3, 0.4) is 0 Å². The first-order valence-corrected chi connectivity index (χ1v) is 8.88. The van der Waals surface area contributed by atoms with Crippen LogP contribution in [0, 0.1) is 0 Å². The van der Waals surface area contributed by atoms with E-state index >= 15 is 0 Å². The van der Waals surface area contributed by atoms with E-state index in [1.807, 2.05) is 38.1 Å². The zero-order valence-corrected chi connectivity index (χ0v) is 14.0. The zero-order chi connectivity index (χ0) is 15.9. The number of hydrogen-bond donors (Lipinski definition) is 2. The monoisotopic (exact) mass is 314 g/mol. The standard InChI is InChI=1S/C15H26N2O3S/c1-12(2)17-15-7-5-6-14(10-15)11-16-21(18,19)9-8-20-13(3)4/h5-7,10,12-13,16-17H,8-9,11H2,1-4H3. The van der Waals surface area contributed by atoms with Gasteiger partial charge in [-0.1, -0.05) is 12.1 Å². The number of benzene rings is 1. The van der Waals surface area contributed by atoms with Crippen LogP contribution in [0.1, 0.15) is 33.3 Å². The van der Waals surface area contributed by atoms with Gasteiger partial charge in [0.2, 0.25) is 10.0 Å². The minimum atomic E-state index is -3.31. The fraction of sp³-hybridized carbons (Fsp3) is 0.600. The molecule has 1 rings (SSSR count). The maximum absolute atomic E-state index is 11.8. The third-order valence-corrected chi connectivity index (χ3v) is 3.97. The summed E-state index contributed by atoms with van der Waals surface area (Å²) in [6, 6.07) is 8.07. The first kappa shape index (κ1) is 17.9. The summed E-state index contributed by atoms with van der Waals surface area (Å²) in [4.78, 5) is 0. The van der Waals surface area contributed by atoms with Crippen LogP contribution >= 0.6 is 0 Å². The van der Waals surface area contributed by atoms with Gasteiger partial charge in [0.1, 0.15) is 0 Å². The van der Waals surface area contributed by atoms with Crippen molar-refractivity contribution in [3.05, 3.63) is 29.8 Å². The molecular formula is C15H26N2O3S. The molecule has 1 aromatic rings. The van der Waals surface area contributed by atoms with Gasteiger partial charge in [-0.2, -0.15) is 0 Å². The number of sulfonamides is 1. The molecule has 0 amide bonds. The fourth-order valence-electron chi connectivity index (χ4n) is 1.76. The Labute approximate surface area is 128 Å². The highest BCUT2D eigenvalue weighted by Gasteiger charge is 2.10. The molecule has 0 atom stereocenters. The Morgan fingerprint density at radius 3 is 2.52 bits per heavy atom. The van der Waals surface area contributed by atoms with E-state index in [9.17, 15) is 8.42 Å². The van der Waals surface area contributed by atoms with Gasteiger partial charge in [-0.3, -0.25) is 0 Å². The van der Waals surface area contributed by atoms with Gasteiger partial charge in [0.15, 0.2) is 0 Å². The molecular weight excluding hydrogens is 288 g/mol. The van der Waals surface area contributed by atoms with Gasteiger partial charge >= 0.3 is 0 Å². The van der Waals surface area contributed by atoms with Gasteiger partial charge < -0.3 is 10.1 Å². The third-order valence-electron chi connectivity index (χ3n) is 2.68. The number of rotatable bonds is 9. The molecule has 21 heavy (non-hydrogen) atoms. The Morgan fingerprint density at radius 1 is 1.19 bits per heavy atom. The van der Waals surface area contributed by atoms with Crippen molar-refractivity contribution in [3.63, 3.8) is 0 Å². The van der Waals surface area contributed by atoms with E-state index in [4.69, 9.17) is 4.74 Å². The first-order valence-electron chi connectivity index (χ1n) is 7.23. The van der Waals surface area contributed by atoms with Crippen molar-refractivity contribution in [1.82, 2.24) is 4.72 Å². The second-order valence-corrected chi connectivity index (χ2v) is 7.49. The molecule has 0 unspecified atom stereocenters. The molecule has 120 valence electrons. The molecule has 0 fully saturated rings. The highest BCUT2D eigenvalue weighted by Crippen LogP contribution is 2.12. The third kappa shape index (κ3) is 8.04. The van der Waals surface area contributed by atoms with Crippen molar-refractivity contribution in [3.8, 4) is 0 Å². The van der Waals surface area contributed by atoms with Gasteiger partial charge in [-0.25, -0.2) is 13.1 Å². The fourth-order valence-corrected chi connectivity index (χ4v) is 2.61. The van der Waals surface area contributed by atoms with E-state index in [0.717, 1.165) is 11.3 Å². The average molecular weight is 314 g/mol. The topological polar surface area (TPSA) is 67.4 Å². The van der Waals surface area contributed by atoms with E-state index in [-0.39, 0.29) is 25.0 Å². The number of anilines is 1. The smallest absolute Gasteiger partial charge is 0.214 e. The van der Waals surface area contributed by atoms with Gasteiger partial charge in [0.25, 0.3) is 0 Å². The SMILES string of the molecule is CC(C)Nc1cccc(CNS(=O)(=O)CCOC(C)C)c1. The van der Waals surface area contributed by atoms with E-state index in [2.05, 4.69) is 23.9 Å². The van der Waals surface area contributed by atoms with E-state index in [1.54, 1.807) is 0 Å². The second-order valence-electron chi connectivity index (χ2n) is 5.56. The molecule has 0 radical (unpaired) electrons. The summed E-state index contributed by atoms with van der Waals surface area (Å²) in [7, 11) is -3.31. The summed E-state index contributed by atoms with van der Waals surface area (Å²) < 4.78 is 31.5. The zero-order valence-electron chi connectivity index (χ0n) is 13.2. The van der Waals surface area contributed by atoms with Crippen LogP contribution in [0.2, 0.25) is 0 Å². The van der Waals surface area contributed by atoms with E-state index in [1.165, 1.54) is 0 Å². The molecule has 0 aliphatic heterocycles. The maximum atomic E-state index is 11.8. The van der Waals surface area contributed by atoms with Crippen LogP contribution in [0.15, 0.2) is 24.3 Å². The van der Waals surface area contributed by atoms with Crippen LogP contribution < -0.4 is 10.0 Å². The van der Waals surface area contributed by atoms with Crippen molar-refractivity contribution >= 4 is 15.7 Å². The summed E-state index contributed by atoms with van der Waals surface area (Å²) in [6.07, 6.45) is 0.0407. The van der Waals surface area contributed by atoms with Gasteiger partial charge in [-0.05, 0) is 45.4 Å². The van der Waals surface area contributed by atoms with Gasteiger partial charge in [-0.15, -0.1) is 0 Å². The molecule has 0 heterocycles. The second kappa shape index (κ2) is 8.36. The highest BCUT2D eigenvalue weighted by atomic mass is 32.2. The Hall–Kier alpha value is -1.11. The highest BCUT2D eigenvalue weighted by molar-refractivity contribution is 7.89. The van der Waals surface area contributed by atoms with Crippen LogP contribution in [-0.2, 0) is 21.3 Å². The van der Waals surface area contributed by atoms with Crippen LogP contribution in [0.5, 0.6) is 0 Å². The Bertz CT molecular complexity index is 527. The number of ether oxygens (including phenoxy) is 1. The Morgan fingerprint density at radius 2 is 1.90 bits per heavy atom. The Kier molecular flexibility index (Phi) is 7.14. The molecule has 0 aromatic heterocycles. The lowest BCUT2D eigenvalue weighted by Crippen LogP contribution is -2.28. The average Bonchev–Trinajstić information content (AvgIpc) is 2.35. The molecule has 2 N–H and O–H groups in total. The summed E-state index contributed by atoms with van der Waals surface area (Å²) in [6.45, 7) is 8.38. The van der Waals surface area contributed by atoms with Crippen molar-refractivity contribution in [1.29, 1.82) is 0 Å². The van der Waals surface area contributed by atoms with Crippen molar-refractivity contribution in [2.45, 2.75) is 46.4 Å². The normalized spacial score (nSPS) is 12.1. The Balaban J connectivity index is 2.50. The molecule has 0 aliphatic rings. The molecule has 0 saturated carbocycles. The van der Waals surface area contributed by atoms with Gasteiger partial charge in [0.05, 0.1) is 18.5 Å². The van der Waals surface area contributed by atoms with Crippen LogP contribution in [-0.4, -0.2) is 32.9 Å². The summed E-state index contributed by atoms with van der Waals surface area (Å²) in [5.74, 6) is -0.0187. The molecule has 1 aromatic carbocycles. The van der Waals surface area contributed by atoms with E-state index in [0.29, 0.717) is 6.04 Å². The summed E-state index contributed by atoms with van der Waals surface area (Å²) in [5.41, 5.74) is 1.92. The van der Waals surface area contributed by atoms with E-state index < -0.39 is 10.0 Å². The summed E-state index contributed by atoms with van der Waals surface area (Å²) in [5, 5.41) is 3.29. The molecule has 5 nitrogen and oxygen atoms in total. The number of nitrogens with one attached hydrogen (secondary N) is 2. The van der Waals surface area contributed by atoms with Crippen molar-refractivity contribution in [2.24, 2.45) is 0 Å². The predicted molar refractivity (Wildman–Crippen MR) is 86.9 cm³/mol. The predicted octanol–water partition coefficient (Wildman–Crippen LogP) is 2.35. The number of hydrogen-bond acceptors (Lipinski definition) is 4. The molecule has 0 bridgehead atoms. The minimum absolute atomic E-state index is 0.0187. The quantitative estimate of drug-likeness (QED) is 0.734. The lowest BCUT2D eigenvalue weighted by atomic mass is 10.2. The summed E-state index contributed by atoms with van der Waals surface area (Å²) >= 11 is 0. The molecule has 0 saturated heterocycles. The largest absolute Gasteiger partial charge is 0.383 e. The maximum Gasteiger partial charge on any atom is 0.214 e. The van der Waals surface area contributed by atoms with Crippen molar-refractivity contribution in [2.75, 3.05) is 17.7 Å². The van der Waals surface area contributed by atoms with Crippen LogP contribution in [0.4, 0.5) is 5.69 Å². The lowest BCUT2D eigenvalue weighted by Gasteiger charge is -2.12. The molecule has 0 spiro atoms. The van der Waals surface area contributed by atoms with Gasteiger partial charge in [0, 0.05) is 18.3 Å². The first-order chi connectivity index (χ1) is 9.78. The molecule has 6 heteroatoms. The van der Waals surface area contributed by atoms with Crippen LogP contribution in [0.25, 0.3) is 0 Å². The minimum Gasteiger partial charge on any atom is -0.383 e. The lowest BCUT2D eigenvalue weighted by molar-refractivity contribution is 0.0911. The van der Waals surface area contributed by atoms with Crippen molar-refractivity contribution < 1.29 is 13.2 Å². The molecule has 0 aliphatic carbocycles.